The zero-order chi connectivity index (χ0) is 22.5. The largest absolute Gasteiger partial charge is 0.385 e. The Hall–Kier alpha value is -2.86. The first-order chi connectivity index (χ1) is 15.5. The van der Waals surface area contributed by atoms with Gasteiger partial charge in [0.1, 0.15) is 11.6 Å². The highest BCUT2D eigenvalue weighted by molar-refractivity contribution is 5.81. The molecule has 0 bridgehead atoms. The van der Waals surface area contributed by atoms with Gasteiger partial charge >= 0.3 is 0 Å². The van der Waals surface area contributed by atoms with Crippen LogP contribution in [0.15, 0.2) is 48.8 Å². The summed E-state index contributed by atoms with van der Waals surface area (Å²) >= 11 is 0. The third kappa shape index (κ3) is 5.30. The van der Waals surface area contributed by atoms with Crippen LogP contribution in [-0.2, 0) is 23.0 Å². The normalized spacial score (nSPS) is 20.5. The van der Waals surface area contributed by atoms with Crippen LogP contribution in [0, 0.1) is 18.8 Å². The van der Waals surface area contributed by atoms with E-state index in [1.165, 1.54) is 5.56 Å². The third-order valence-corrected chi connectivity index (χ3v) is 6.67. The van der Waals surface area contributed by atoms with Crippen LogP contribution in [0.3, 0.4) is 0 Å². The van der Waals surface area contributed by atoms with Crippen molar-refractivity contribution >= 4 is 5.78 Å². The first-order valence-electron chi connectivity index (χ1n) is 11.4. The fraction of sp³-hybridized carbons (Fsp3) is 0.462. The molecule has 1 aliphatic rings. The van der Waals surface area contributed by atoms with Crippen LogP contribution in [0.4, 0.5) is 0 Å². The summed E-state index contributed by atoms with van der Waals surface area (Å²) in [4.78, 5) is 21.6. The summed E-state index contributed by atoms with van der Waals surface area (Å²) in [5, 5.41) is 4.57. The highest BCUT2D eigenvalue weighted by Gasteiger charge is 2.36. The number of carbonyl (C=O) groups excluding carboxylic acids is 1. The first kappa shape index (κ1) is 22.3. The van der Waals surface area contributed by atoms with Crippen LogP contribution in [0.25, 0.3) is 11.3 Å². The van der Waals surface area contributed by atoms with E-state index >= 15 is 0 Å². The molecule has 0 spiro atoms. The lowest BCUT2D eigenvalue weighted by molar-refractivity contribution is -0.119. The van der Waals surface area contributed by atoms with Gasteiger partial charge in [0.25, 0.3) is 0 Å². The molecule has 4 rings (SSSR count). The summed E-state index contributed by atoms with van der Waals surface area (Å²) in [7, 11) is 3.65. The van der Waals surface area contributed by atoms with Gasteiger partial charge in [-0.05, 0) is 55.6 Å². The van der Waals surface area contributed by atoms with Gasteiger partial charge in [-0.2, -0.15) is 5.10 Å². The van der Waals surface area contributed by atoms with Crippen molar-refractivity contribution in [2.75, 3.05) is 13.7 Å². The number of Topliss-reactive ketones (excluding diaryl/α,β-unsaturated/α-hetero) is 1. The molecule has 0 aliphatic heterocycles. The molecule has 0 amide bonds. The number of rotatable bonds is 9. The Balaban J connectivity index is 1.44. The van der Waals surface area contributed by atoms with E-state index < -0.39 is 0 Å². The summed E-state index contributed by atoms with van der Waals surface area (Å²) < 4.78 is 7.12. The van der Waals surface area contributed by atoms with Crippen LogP contribution < -0.4 is 0 Å². The molecule has 0 N–H and O–H groups in total. The molecule has 168 valence electrons. The van der Waals surface area contributed by atoms with Crippen molar-refractivity contribution in [2.24, 2.45) is 18.9 Å². The lowest BCUT2D eigenvalue weighted by atomic mass is 9.85. The number of ether oxygens (including phenoxy) is 1. The van der Waals surface area contributed by atoms with Crippen molar-refractivity contribution in [3.63, 3.8) is 0 Å². The first-order valence-corrected chi connectivity index (χ1v) is 11.4. The number of aromatic nitrogens is 4. The second-order valence-corrected chi connectivity index (χ2v) is 8.98. The van der Waals surface area contributed by atoms with Crippen molar-refractivity contribution < 1.29 is 9.53 Å². The molecule has 3 aromatic rings. The topological polar surface area (TPSA) is 69.9 Å². The fourth-order valence-electron chi connectivity index (χ4n) is 5.00. The zero-order valence-corrected chi connectivity index (χ0v) is 19.2. The molecule has 2 aromatic heterocycles. The molecule has 1 saturated carbocycles. The summed E-state index contributed by atoms with van der Waals surface area (Å²) in [6.45, 7) is 2.64. The second kappa shape index (κ2) is 10.2. The van der Waals surface area contributed by atoms with E-state index in [1.807, 2.05) is 20.0 Å². The molecule has 0 unspecified atom stereocenters. The van der Waals surface area contributed by atoms with E-state index in [2.05, 4.69) is 45.4 Å². The quantitative estimate of drug-likeness (QED) is 0.497. The Bertz CT molecular complexity index is 1030. The molecular formula is C26H32N4O2. The van der Waals surface area contributed by atoms with Gasteiger partial charge in [0.2, 0.25) is 0 Å². The van der Waals surface area contributed by atoms with Gasteiger partial charge in [0.05, 0.1) is 5.69 Å². The third-order valence-electron chi connectivity index (χ3n) is 6.67. The average Bonchev–Trinajstić information content (AvgIpc) is 3.36. The number of carbonyl (C=O) groups is 1. The molecular weight excluding hydrogens is 400 g/mol. The molecule has 0 saturated heterocycles. The summed E-state index contributed by atoms with van der Waals surface area (Å²) in [6.07, 6.45) is 7.85. The fourth-order valence-corrected chi connectivity index (χ4v) is 5.00. The summed E-state index contributed by atoms with van der Waals surface area (Å²) in [5.74, 6) is 2.44. The minimum atomic E-state index is 0.276. The molecule has 32 heavy (non-hydrogen) atoms. The predicted molar refractivity (Wildman–Crippen MR) is 124 cm³/mol. The van der Waals surface area contributed by atoms with Crippen molar-refractivity contribution in [3.05, 3.63) is 65.9 Å². The number of nitrogens with zero attached hydrogens (tertiary/aromatic N) is 4. The molecule has 6 nitrogen and oxygen atoms in total. The summed E-state index contributed by atoms with van der Waals surface area (Å²) in [6, 6.07) is 12.7. The average molecular weight is 433 g/mol. The van der Waals surface area contributed by atoms with E-state index in [0.29, 0.717) is 30.6 Å². The Morgan fingerprint density at radius 1 is 1.16 bits per heavy atom. The Morgan fingerprint density at radius 2 is 1.91 bits per heavy atom. The smallest absolute Gasteiger partial charge is 0.139 e. The monoisotopic (exact) mass is 432 g/mol. The Morgan fingerprint density at radius 3 is 2.62 bits per heavy atom. The van der Waals surface area contributed by atoms with Crippen LogP contribution in [0.5, 0.6) is 0 Å². The number of aryl methyl sites for hydroxylation is 2. The Kier molecular flexibility index (Phi) is 7.10. The van der Waals surface area contributed by atoms with E-state index in [0.717, 1.165) is 48.6 Å². The van der Waals surface area contributed by atoms with Gasteiger partial charge < -0.3 is 4.74 Å². The molecule has 6 heteroatoms. The van der Waals surface area contributed by atoms with Gasteiger partial charge in [0.15, 0.2) is 0 Å². The van der Waals surface area contributed by atoms with Gasteiger partial charge in [-0.15, -0.1) is 0 Å². The maximum atomic E-state index is 13.1. The number of ketones is 1. The number of hydrogen-bond donors (Lipinski definition) is 0. The lowest BCUT2D eigenvalue weighted by Crippen LogP contribution is -2.15. The molecule has 1 aliphatic carbocycles. The molecule has 0 radical (unpaired) electrons. The highest BCUT2D eigenvalue weighted by atomic mass is 16.5. The predicted octanol–water partition coefficient (Wildman–Crippen LogP) is 4.53. The van der Waals surface area contributed by atoms with Gasteiger partial charge in [-0.1, -0.05) is 30.3 Å². The molecule has 2 heterocycles. The summed E-state index contributed by atoms with van der Waals surface area (Å²) in [5.41, 5.74) is 3.95. The number of methoxy groups -OCH3 is 1. The molecule has 1 fully saturated rings. The van der Waals surface area contributed by atoms with Gasteiger partial charge in [-0.3, -0.25) is 9.48 Å². The standard InChI is InChI=1S/C26H32N4O2/c1-18-27-16-22(17-28-18)26-15-23(30(2)29-26)14-24(31)13-21-11-19(9-10-32-3)12-25(21)20-7-5-4-6-8-20/h4-8,15-17,19,21,25H,9-14H2,1-3H3/t19-,21+,25+/m1/s1. The van der Waals surface area contributed by atoms with Crippen molar-refractivity contribution in [1.29, 1.82) is 0 Å². The van der Waals surface area contributed by atoms with E-state index in [9.17, 15) is 4.79 Å². The SMILES string of the molecule is COCC[C@@H]1C[C@@H](CC(=O)Cc2cc(-c3cnc(C)nc3)nn2C)[C@H](c2ccccc2)C1. The van der Waals surface area contributed by atoms with Gasteiger partial charge in [0, 0.05) is 57.3 Å². The maximum absolute atomic E-state index is 13.1. The van der Waals surface area contributed by atoms with Crippen LogP contribution in [0.2, 0.25) is 0 Å². The maximum Gasteiger partial charge on any atom is 0.139 e. The van der Waals surface area contributed by atoms with Crippen LogP contribution >= 0.6 is 0 Å². The van der Waals surface area contributed by atoms with Crippen molar-refractivity contribution in [3.8, 4) is 11.3 Å². The number of hydrogen-bond acceptors (Lipinski definition) is 5. The van der Waals surface area contributed by atoms with E-state index in [4.69, 9.17) is 4.74 Å². The molecule has 1 aromatic carbocycles. The van der Waals surface area contributed by atoms with Gasteiger partial charge in [-0.25, -0.2) is 9.97 Å². The van der Waals surface area contributed by atoms with Crippen LogP contribution in [-0.4, -0.2) is 39.2 Å². The Labute approximate surface area is 190 Å². The number of benzene rings is 1. The van der Waals surface area contributed by atoms with Crippen molar-refractivity contribution in [1.82, 2.24) is 19.7 Å². The van der Waals surface area contributed by atoms with E-state index in [-0.39, 0.29) is 5.78 Å². The van der Waals surface area contributed by atoms with Crippen molar-refractivity contribution in [2.45, 2.75) is 44.9 Å². The molecule has 3 atom stereocenters. The minimum Gasteiger partial charge on any atom is -0.385 e. The van der Waals surface area contributed by atoms with Crippen LogP contribution in [0.1, 0.15) is 48.7 Å². The second-order valence-electron chi connectivity index (χ2n) is 8.98. The lowest BCUT2D eigenvalue weighted by Gasteiger charge is -2.19. The zero-order valence-electron chi connectivity index (χ0n) is 19.2. The minimum absolute atomic E-state index is 0.276. The highest BCUT2D eigenvalue weighted by Crippen LogP contribution is 2.46. The van der Waals surface area contributed by atoms with E-state index in [1.54, 1.807) is 24.2 Å².